The minimum atomic E-state index is -0.781. The summed E-state index contributed by atoms with van der Waals surface area (Å²) in [4.78, 5) is 39.2. The molecule has 0 heterocycles. The molecule has 0 aliphatic heterocycles. The van der Waals surface area contributed by atoms with Crippen molar-refractivity contribution in [1.82, 2.24) is 10.6 Å². The fourth-order valence-corrected chi connectivity index (χ4v) is 3.71. The van der Waals surface area contributed by atoms with Crippen molar-refractivity contribution in [2.24, 2.45) is 11.7 Å². The SMILES string of the molecule is C[C@H](NC(C)(C)C)C(=O)C[C@@H](Cc1ccccc1)C(=O)N[C@@H](CCCCN)C(=O)OC(C)(C)C. The third-order valence-electron chi connectivity index (χ3n) is 5.23. The Hall–Kier alpha value is -2.25. The number of esters is 1. The highest BCUT2D eigenvalue weighted by molar-refractivity contribution is 5.91. The first-order chi connectivity index (χ1) is 15.7. The van der Waals surface area contributed by atoms with E-state index in [1.54, 1.807) is 20.8 Å². The van der Waals surface area contributed by atoms with Crippen LogP contribution in [0.3, 0.4) is 0 Å². The molecule has 0 aromatic heterocycles. The van der Waals surface area contributed by atoms with Crippen LogP contribution >= 0.6 is 0 Å². The number of Topliss-reactive ketones (excluding diaryl/α,β-unsaturated/α-hetero) is 1. The first kappa shape index (κ1) is 29.8. The molecule has 34 heavy (non-hydrogen) atoms. The van der Waals surface area contributed by atoms with Crippen molar-refractivity contribution >= 4 is 17.7 Å². The minimum absolute atomic E-state index is 0.0389. The Labute approximate surface area is 205 Å². The molecular formula is C27H45N3O4. The average molecular weight is 476 g/mol. The van der Waals surface area contributed by atoms with E-state index in [-0.39, 0.29) is 23.7 Å². The molecular weight excluding hydrogens is 430 g/mol. The first-order valence-corrected chi connectivity index (χ1v) is 12.3. The van der Waals surface area contributed by atoms with Crippen molar-refractivity contribution in [2.75, 3.05) is 6.54 Å². The molecule has 0 radical (unpaired) electrons. The molecule has 1 aromatic carbocycles. The van der Waals surface area contributed by atoms with Gasteiger partial charge in [-0.15, -0.1) is 0 Å². The maximum atomic E-state index is 13.4. The van der Waals surface area contributed by atoms with Crippen molar-refractivity contribution < 1.29 is 19.1 Å². The molecule has 0 bridgehead atoms. The zero-order valence-electron chi connectivity index (χ0n) is 22.1. The summed E-state index contributed by atoms with van der Waals surface area (Å²) in [6.07, 6.45) is 2.36. The molecule has 0 aliphatic carbocycles. The quantitative estimate of drug-likeness (QED) is 0.297. The highest BCUT2D eigenvalue weighted by Crippen LogP contribution is 2.17. The van der Waals surface area contributed by atoms with Crippen LogP contribution in [0.2, 0.25) is 0 Å². The van der Waals surface area contributed by atoms with Crippen LogP contribution in [0.5, 0.6) is 0 Å². The van der Waals surface area contributed by atoms with Gasteiger partial charge in [-0.3, -0.25) is 9.59 Å². The van der Waals surface area contributed by atoms with Crippen LogP contribution in [0.1, 0.15) is 79.7 Å². The monoisotopic (exact) mass is 475 g/mol. The Morgan fingerprint density at radius 2 is 1.62 bits per heavy atom. The lowest BCUT2D eigenvalue weighted by Gasteiger charge is -2.28. The second kappa shape index (κ2) is 13.6. The topological polar surface area (TPSA) is 111 Å². The van der Waals surface area contributed by atoms with Crippen LogP contribution in [-0.2, 0) is 25.5 Å². The molecule has 0 unspecified atom stereocenters. The largest absolute Gasteiger partial charge is 0.458 e. The van der Waals surface area contributed by atoms with Crippen LogP contribution in [0.4, 0.5) is 0 Å². The van der Waals surface area contributed by atoms with E-state index in [0.29, 0.717) is 25.8 Å². The Bertz CT molecular complexity index is 781. The fraction of sp³-hybridized carbons (Fsp3) is 0.667. The molecule has 0 fully saturated rings. The molecule has 1 aromatic rings. The summed E-state index contributed by atoms with van der Waals surface area (Å²) in [5.41, 5.74) is 5.68. The number of amides is 1. The number of hydrogen-bond donors (Lipinski definition) is 3. The van der Waals surface area contributed by atoms with Gasteiger partial charge in [0.2, 0.25) is 5.91 Å². The highest BCUT2D eigenvalue weighted by atomic mass is 16.6. The minimum Gasteiger partial charge on any atom is -0.458 e. The second-order valence-corrected chi connectivity index (χ2v) is 11.1. The lowest BCUT2D eigenvalue weighted by Crippen LogP contribution is -2.49. The molecule has 192 valence electrons. The second-order valence-electron chi connectivity index (χ2n) is 11.1. The number of unbranched alkanes of at least 4 members (excludes halogenated alkanes) is 1. The van der Waals surface area contributed by atoms with E-state index in [2.05, 4.69) is 10.6 Å². The number of ether oxygens (including phenoxy) is 1. The van der Waals surface area contributed by atoms with E-state index in [0.717, 1.165) is 12.0 Å². The average Bonchev–Trinajstić information content (AvgIpc) is 2.70. The summed E-state index contributed by atoms with van der Waals surface area (Å²) in [6.45, 7) is 13.7. The number of carbonyl (C=O) groups is 3. The van der Waals surface area contributed by atoms with E-state index in [1.165, 1.54) is 0 Å². The van der Waals surface area contributed by atoms with Crippen molar-refractivity contribution in [3.8, 4) is 0 Å². The third-order valence-corrected chi connectivity index (χ3v) is 5.23. The van der Waals surface area contributed by atoms with Gasteiger partial charge in [-0.1, -0.05) is 30.3 Å². The summed E-state index contributed by atoms with van der Waals surface area (Å²) >= 11 is 0. The molecule has 0 saturated carbocycles. The molecule has 7 nitrogen and oxygen atoms in total. The van der Waals surface area contributed by atoms with Crippen molar-refractivity contribution in [3.63, 3.8) is 0 Å². The van der Waals surface area contributed by atoms with Crippen molar-refractivity contribution in [2.45, 2.75) is 104 Å². The lowest BCUT2D eigenvalue weighted by atomic mass is 9.90. The van der Waals surface area contributed by atoms with Gasteiger partial charge in [0.1, 0.15) is 17.4 Å². The number of hydrogen-bond acceptors (Lipinski definition) is 6. The summed E-state index contributed by atoms with van der Waals surface area (Å²) < 4.78 is 5.54. The van der Waals surface area contributed by atoms with Gasteiger partial charge < -0.3 is 21.1 Å². The van der Waals surface area contributed by atoms with E-state index in [9.17, 15) is 14.4 Å². The summed E-state index contributed by atoms with van der Waals surface area (Å²) in [6, 6.07) is 8.43. The van der Waals surface area contributed by atoms with E-state index in [4.69, 9.17) is 10.5 Å². The Morgan fingerprint density at radius 3 is 2.15 bits per heavy atom. The van der Waals surface area contributed by atoms with Crippen LogP contribution in [0.25, 0.3) is 0 Å². The van der Waals surface area contributed by atoms with Crippen LogP contribution in [0.15, 0.2) is 30.3 Å². The maximum absolute atomic E-state index is 13.4. The fourth-order valence-electron chi connectivity index (χ4n) is 3.71. The van der Waals surface area contributed by atoms with Crippen molar-refractivity contribution in [3.05, 3.63) is 35.9 Å². The maximum Gasteiger partial charge on any atom is 0.329 e. The molecule has 3 atom stereocenters. The van der Waals surface area contributed by atoms with Gasteiger partial charge in [0.05, 0.1) is 6.04 Å². The Kier molecular flexibility index (Phi) is 11.9. The highest BCUT2D eigenvalue weighted by Gasteiger charge is 2.31. The van der Waals surface area contributed by atoms with Crippen LogP contribution < -0.4 is 16.4 Å². The normalized spacial score (nSPS) is 14.7. The van der Waals surface area contributed by atoms with E-state index < -0.39 is 29.6 Å². The molecule has 0 spiro atoms. The molecule has 0 saturated heterocycles. The number of rotatable bonds is 13. The van der Waals surface area contributed by atoms with Gasteiger partial charge in [-0.05, 0) is 86.3 Å². The molecule has 0 aliphatic rings. The Balaban J connectivity index is 3.05. The van der Waals surface area contributed by atoms with E-state index >= 15 is 0 Å². The van der Waals surface area contributed by atoms with Gasteiger partial charge in [-0.25, -0.2) is 4.79 Å². The standard InChI is InChI=1S/C27H45N3O4/c1-19(30-26(2,3)4)23(31)18-21(17-20-13-9-8-10-14-20)24(32)29-22(15-11-12-16-28)25(33)34-27(5,6)7/h8-10,13-14,19,21-22,30H,11-12,15-18,28H2,1-7H3,(H,29,32)/t19-,21+,22-/m0/s1. The van der Waals surface area contributed by atoms with Crippen LogP contribution in [0, 0.1) is 5.92 Å². The smallest absolute Gasteiger partial charge is 0.329 e. The van der Waals surface area contributed by atoms with E-state index in [1.807, 2.05) is 58.0 Å². The summed E-state index contributed by atoms with van der Waals surface area (Å²) in [5, 5.41) is 6.16. The third kappa shape index (κ3) is 12.3. The molecule has 1 amide bonds. The predicted octanol–water partition coefficient (Wildman–Crippen LogP) is 3.54. The number of carbonyl (C=O) groups excluding carboxylic acids is 3. The summed E-state index contributed by atoms with van der Waals surface area (Å²) in [5.74, 6) is -1.42. The molecule has 4 N–H and O–H groups in total. The zero-order chi connectivity index (χ0) is 25.9. The summed E-state index contributed by atoms with van der Waals surface area (Å²) in [7, 11) is 0. The van der Waals surface area contributed by atoms with Gasteiger partial charge in [-0.2, -0.15) is 0 Å². The van der Waals surface area contributed by atoms with Gasteiger partial charge in [0, 0.05) is 17.9 Å². The van der Waals surface area contributed by atoms with Crippen LogP contribution in [-0.4, -0.2) is 47.4 Å². The van der Waals surface area contributed by atoms with Gasteiger partial charge >= 0.3 is 5.97 Å². The molecule has 1 rings (SSSR count). The zero-order valence-corrected chi connectivity index (χ0v) is 22.1. The predicted molar refractivity (Wildman–Crippen MR) is 136 cm³/mol. The number of nitrogens with two attached hydrogens (primary N) is 1. The Morgan fingerprint density at radius 1 is 1.00 bits per heavy atom. The lowest BCUT2D eigenvalue weighted by molar-refractivity contribution is -0.159. The molecule has 7 heteroatoms. The van der Waals surface area contributed by atoms with Gasteiger partial charge in [0.15, 0.2) is 0 Å². The van der Waals surface area contributed by atoms with Crippen molar-refractivity contribution in [1.29, 1.82) is 0 Å². The van der Waals surface area contributed by atoms with Gasteiger partial charge in [0.25, 0.3) is 0 Å². The number of benzene rings is 1. The number of ketones is 1. The first-order valence-electron chi connectivity index (χ1n) is 12.3. The number of nitrogens with one attached hydrogen (secondary N) is 2.